The molecule has 19 heavy (non-hydrogen) atoms. The first-order valence-electron chi connectivity index (χ1n) is 7.90. The van der Waals surface area contributed by atoms with Gasteiger partial charge in [0.15, 0.2) is 0 Å². The molecule has 0 spiro atoms. The monoisotopic (exact) mass is 258 g/mol. The molecule has 1 aromatic carbocycles. The van der Waals surface area contributed by atoms with Crippen molar-refractivity contribution in [2.45, 2.75) is 58.7 Å². The molecule has 0 radical (unpaired) electrons. The highest BCUT2D eigenvalue weighted by Crippen LogP contribution is 2.30. The highest BCUT2D eigenvalue weighted by atomic mass is 15.1. The lowest BCUT2D eigenvalue weighted by atomic mass is 10.0. The van der Waals surface area contributed by atoms with Crippen molar-refractivity contribution in [3.8, 4) is 0 Å². The molecular formula is C17H26N2. The van der Waals surface area contributed by atoms with Crippen LogP contribution in [-0.2, 0) is 25.9 Å². The first-order valence-corrected chi connectivity index (χ1v) is 7.90. The topological polar surface area (TPSA) is 15.3 Å². The van der Waals surface area contributed by atoms with Gasteiger partial charge in [-0.15, -0.1) is 0 Å². The third-order valence-corrected chi connectivity index (χ3v) is 4.60. The van der Waals surface area contributed by atoms with E-state index in [9.17, 15) is 0 Å². The minimum Gasteiger partial charge on any atom is -0.309 e. The van der Waals surface area contributed by atoms with Crippen molar-refractivity contribution < 1.29 is 0 Å². The van der Waals surface area contributed by atoms with Crippen LogP contribution in [-0.4, -0.2) is 24.0 Å². The van der Waals surface area contributed by atoms with E-state index in [2.05, 4.69) is 36.2 Å². The average Bonchev–Trinajstić information content (AvgIpc) is 3.00. The molecule has 1 heterocycles. The van der Waals surface area contributed by atoms with Crippen LogP contribution in [0.4, 0.5) is 0 Å². The van der Waals surface area contributed by atoms with Gasteiger partial charge in [-0.2, -0.15) is 0 Å². The number of nitrogens with zero attached hydrogens (tertiary/aromatic N) is 1. The summed E-state index contributed by atoms with van der Waals surface area (Å²) in [6.07, 6.45) is 5.08. The van der Waals surface area contributed by atoms with Crippen molar-refractivity contribution >= 4 is 0 Å². The Labute approximate surface area is 117 Å². The molecule has 0 unspecified atom stereocenters. The summed E-state index contributed by atoms with van der Waals surface area (Å²) in [6, 6.07) is 5.70. The fourth-order valence-electron chi connectivity index (χ4n) is 3.72. The van der Waals surface area contributed by atoms with Crippen molar-refractivity contribution in [1.29, 1.82) is 0 Å². The summed E-state index contributed by atoms with van der Waals surface area (Å²) < 4.78 is 0. The van der Waals surface area contributed by atoms with Crippen molar-refractivity contribution in [1.82, 2.24) is 10.2 Å². The SMILES string of the molecule is CCCN(CCC)C1Cc2cc3c(cc2C1)CNC3. The average molecular weight is 258 g/mol. The fourth-order valence-corrected chi connectivity index (χ4v) is 3.72. The maximum atomic E-state index is 3.45. The van der Waals surface area contributed by atoms with E-state index < -0.39 is 0 Å². The van der Waals surface area contributed by atoms with Gasteiger partial charge in [-0.05, 0) is 61.0 Å². The molecule has 0 amide bonds. The Morgan fingerprint density at radius 2 is 1.47 bits per heavy atom. The summed E-state index contributed by atoms with van der Waals surface area (Å²) in [5, 5.41) is 3.45. The van der Waals surface area contributed by atoms with Gasteiger partial charge in [0.2, 0.25) is 0 Å². The lowest BCUT2D eigenvalue weighted by Crippen LogP contribution is -2.37. The second-order valence-electron chi connectivity index (χ2n) is 6.09. The summed E-state index contributed by atoms with van der Waals surface area (Å²) >= 11 is 0. The van der Waals surface area contributed by atoms with Crippen LogP contribution in [0.25, 0.3) is 0 Å². The summed E-state index contributed by atoms with van der Waals surface area (Å²) in [7, 11) is 0. The third-order valence-electron chi connectivity index (χ3n) is 4.60. The zero-order valence-electron chi connectivity index (χ0n) is 12.3. The molecule has 3 rings (SSSR count). The maximum Gasteiger partial charge on any atom is 0.0212 e. The van der Waals surface area contributed by atoms with Gasteiger partial charge in [0.1, 0.15) is 0 Å². The number of rotatable bonds is 5. The van der Waals surface area contributed by atoms with Gasteiger partial charge in [0.05, 0.1) is 0 Å². The van der Waals surface area contributed by atoms with Gasteiger partial charge >= 0.3 is 0 Å². The Kier molecular flexibility index (Phi) is 3.90. The third kappa shape index (κ3) is 2.56. The first kappa shape index (κ1) is 13.1. The number of fused-ring (bicyclic) bond motifs is 2. The second kappa shape index (κ2) is 5.64. The van der Waals surface area contributed by atoms with E-state index in [-0.39, 0.29) is 0 Å². The molecule has 2 aliphatic rings. The highest BCUT2D eigenvalue weighted by Gasteiger charge is 2.27. The van der Waals surface area contributed by atoms with E-state index >= 15 is 0 Å². The van der Waals surface area contributed by atoms with Crippen molar-refractivity contribution in [2.75, 3.05) is 13.1 Å². The second-order valence-corrected chi connectivity index (χ2v) is 6.09. The van der Waals surface area contributed by atoms with E-state index in [4.69, 9.17) is 0 Å². The lowest BCUT2D eigenvalue weighted by molar-refractivity contribution is 0.202. The molecule has 0 fully saturated rings. The minimum atomic E-state index is 0.755. The van der Waals surface area contributed by atoms with Crippen molar-refractivity contribution in [3.05, 3.63) is 34.4 Å². The van der Waals surface area contributed by atoms with Crippen LogP contribution in [0.5, 0.6) is 0 Å². The molecule has 0 atom stereocenters. The van der Waals surface area contributed by atoms with E-state index in [0.717, 1.165) is 19.1 Å². The Balaban J connectivity index is 1.76. The highest BCUT2D eigenvalue weighted by molar-refractivity contribution is 5.43. The Hall–Kier alpha value is -0.860. The molecule has 1 aliphatic carbocycles. The van der Waals surface area contributed by atoms with Gasteiger partial charge < -0.3 is 5.32 Å². The summed E-state index contributed by atoms with van der Waals surface area (Å²) in [5.74, 6) is 0. The van der Waals surface area contributed by atoms with Crippen molar-refractivity contribution in [3.63, 3.8) is 0 Å². The Bertz CT molecular complexity index is 414. The van der Waals surface area contributed by atoms with Gasteiger partial charge in [-0.1, -0.05) is 26.0 Å². The van der Waals surface area contributed by atoms with Gasteiger partial charge in [0.25, 0.3) is 0 Å². The van der Waals surface area contributed by atoms with E-state index in [1.807, 2.05) is 0 Å². The molecule has 0 aromatic heterocycles. The predicted octanol–water partition coefficient (Wildman–Crippen LogP) is 2.88. The van der Waals surface area contributed by atoms with Crippen LogP contribution in [0.3, 0.4) is 0 Å². The zero-order chi connectivity index (χ0) is 13.2. The molecule has 1 aliphatic heterocycles. The Morgan fingerprint density at radius 1 is 0.947 bits per heavy atom. The summed E-state index contributed by atoms with van der Waals surface area (Å²) in [6.45, 7) is 9.25. The number of hydrogen-bond donors (Lipinski definition) is 1. The molecule has 1 aromatic rings. The van der Waals surface area contributed by atoms with Gasteiger partial charge in [-0.25, -0.2) is 0 Å². The lowest BCUT2D eigenvalue weighted by Gasteiger charge is -2.27. The quantitative estimate of drug-likeness (QED) is 0.873. The Morgan fingerprint density at radius 3 is 1.95 bits per heavy atom. The van der Waals surface area contributed by atoms with Gasteiger partial charge in [-0.3, -0.25) is 4.90 Å². The summed E-state index contributed by atoms with van der Waals surface area (Å²) in [4.78, 5) is 2.71. The van der Waals surface area contributed by atoms with Crippen LogP contribution in [0, 0.1) is 0 Å². The standard InChI is InChI=1S/C17H26N2/c1-3-5-19(6-4-2)17-9-13-7-15-11-18-12-16(15)8-14(13)10-17/h7-8,17-18H,3-6,9-12H2,1-2H3. The first-order chi connectivity index (χ1) is 9.31. The molecule has 2 heteroatoms. The van der Waals surface area contributed by atoms with Crippen LogP contribution in [0.2, 0.25) is 0 Å². The number of benzene rings is 1. The van der Waals surface area contributed by atoms with Crippen LogP contribution in [0.15, 0.2) is 12.1 Å². The van der Waals surface area contributed by atoms with E-state index in [1.165, 1.54) is 49.9 Å². The van der Waals surface area contributed by atoms with Gasteiger partial charge in [0, 0.05) is 19.1 Å². The van der Waals surface area contributed by atoms with Crippen molar-refractivity contribution in [2.24, 2.45) is 0 Å². The largest absolute Gasteiger partial charge is 0.309 e. The molecular weight excluding hydrogens is 232 g/mol. The molecule has 0 bridgehead atoms. The normalized spacial score (nSPS) is 18.1. The van der Waals surface area contributed by atoms with E-state index in [1.54, 1.807) is 11.1 Å². The molecule has 0 saturated heterocycles. The molecule has 0 saturated carbocycles. The molecule has 1 N–H and O–H groups in total. The smallest absolute Gasteiger partial charge is 0.0212 e. The fraction of sp³-hybridized carbons (Fsp3) is 0.647. The number of nitrogens with one attached hydrogen (secondary N) is 1. The van der Waals surface area contributed by atoms with Crippen LogP contribution >= 0.6 is 0 Å². The van der Waals surface area contributed by atoms with Crippen LogP contribution in [0.1, 0.15) is 48.9 Å². The van der Waals surface area contributed by atoms with Crippen LogP contribution < -0.4 is 5.32 Å². The maximum absolute atomic E-state index is 3.45. The minimum absolute atomic E-state index is 0.755. The molecule has 2 nitrogen and oxygen atoms in total. The zero-order valence-corrected chi connectivity index (χ0v) is 12.3. The summed E-state index contributed by atoms with van der Waals surface area (Å²) in [5.41, 5.74) is 6.31. The molecule has 104 valence electrons. The number of hydrogen-bond acceptors (Lipinski definition) is 2. The predicted molar refractivity (Wildman–Crippen MR) is 80.3 cm³/mol. The van der Waals surface area contributed by atoms with E-state index in [0.29, 0.717) is 0 Å².